The number of rotatable bonds is 3. The van der Waals surface area contributed by atoms with Crippen molar-refractivity contribution in [2.24, 2.45) is 7.05 Å². The van der Waals surface area contributed by atoms with E-state index in [2.05, 4.69) is 9.71 Å². The van der Waals surface area contributed by atoms with Crippen molar-refractivity contribution in [3.8, 4) is 0 Å². The molecular weight excluding hydrogens is 250 g/mol. The SMILES string of the molecule is Cc1cccc(NS(=O)(=O)c2cn(C)c(C)n2)c1. The highest BCUT2D eigenvalue weighted by molar-refractivity contribution is 7.92. The molecule has 18 heavy (non-hydrogen) atoms. The van der Waals surface area contributed by atoms with E-state index in [0.29, 0.717) is 11.5 Å². The van der Waals surface area contributed by atoms with E-state index < -0.39 is 10.0 Å². The highest BCUT2D eigenvalue weighted by atomic mass is 32.2. The maximum Gasteiger partial charge on any atom is 0.280 e. The summed E-state index contributed by atoms with van der Waals surface area (Å²) in [6.07, 6.45) is 1.49. The van der Waals surface area contributed by atoms with Gasteiger partial charge in [0.15, 0.2) is 5.03 Å². The van der Waals surface area contributed by atoms with Gasteiger partial charge in [0.25, 0.3) is 10.0 Å². The highest BCUT2D eigenvalue weighted by Gasteiger charge is 2.18. The monoisotopic (exact) mass is 265 g/mol. The third-order valence-corrected chi connectivity index (χ3v) is 3.88. The molecular formula is C12H15N3O2S. The molecule has 5 nitrogen and oxygen atoms in total. The molecule has 0 saturated carbocycles. The summed E-state index contributed by atoms with van der Waals surface area (Å²) in [5, 5.41) is 0.0315. The quantitative estimate of drug-likeness (QED) is 0.921. The smallest absolute Gasteiger partial charge is 0.280 e. The molecule has 96 valence electrons. The van der Waals surface area contributed by atoms with Gasteiger partial charge >= 0.3 is 0 Å². The number of imidazole rings is 1. The van der Waals surface area contributed by atoms with E-state index in [4.69, 9.17) is 0 Å². The summed E-state index contributed by atoms with van der Waals surface area (Å²) in [5.41, 5.74) is 1.53. The summed E-state index contributed by atoms with van der Waals surface area (Å²) in [4.78, 5) is 4.01. The summed E-state index contributed by atoms with van der Waals surface area (Å²) in [6.45, 7) is 3.66. The van der Waals surface area contributed by atoms with E-state index in [0.717, 1.165) is 5.56 Å². The first-order valence-corrected chi connectivity index (χ1v) is 6.96. The molecule has 0 saturated heterocycles. The van der Waals surface area contributed by atoms with Crippen molar-refractivity contribution in [3.05, 3.63) is 41.9 Å². The van der Waals surface area contributed by atoms with Crippen LogP contribution in [0.4, 0.5) is 5.69 Å². The Morgan fingerprint density at radius 3 is 2.56 bits per heavy atom. The lowest BCUT2D eigenvalue weighted by Crippen LogP contribution is -2.13. The second-order valence-corrected chi connectivity index (χ2v) is 5.84. The molecule has 0 unspecified atom stereocenters. The minimum Gasteiger partial charge on any atom is -0.337 e. The standard InChI is InChI=1S/C12H15N3O2S/c1-9-5-4-6-11(7-9)14-18(16,17)12-8-15(3)10(2)13-12/h4-8,14H,1-3H3. The van der Waals surface area contributed by atoms with Crippen LogP contribution < -0.4 is 4.72 Å². The Balaban J connectivity index is 2.33. The Kier molecular flexibility index (Phi) is 3.13. The number of benzene rings is 1. The van der Waals surface area contributed by atoms with Crippen LogP contribution in [0.15, 0.2) is 35.5 Å². The van der Waals surface area contributed by atoms with Crippen molar-refractivity contribution in [1.29, 1.82) is 0 Å². The van der Waals surface area contributed by atoms with Crippen LogP contribution in [-0.2, 0) is 17.1 Å². The van der Waals surface area contributed by atoms with Gasteiger partial charge in [-0.15, -0.1) is 0 Å². The lowest BCUT2D eigenvalue weighted by Gasteiger charge is -2.06. The van der Waals surface area contributed by atoms with Crippen molar-refractivity contribution in [3.63, 3.8) is 0 Å². The van der Waals surface area contributed by atoms with Crippen LogP contribution in [0.25, 0.3) is 0 Å². The summed E-state index contributed by atoms with van der Waals surface area (Å²) in [6, 6.07) is 7.19. The number of anilines is 1. The number of nitrogens with zero attached hydrogens (tertiary/aromatic N) is 2. The van der Waals surface area contributed by atoms with E-state index in [1.165, 1.54) is 6.20 Å². The zero-order valence-corrected chi connectivity index (χ0v) is 11.3. The van der Waals surface area contributed by atoms with Crippen molar-refractivity contribution in [2.45, 2.75) is 18.9 Å². The molecule has 0 aliphatic heterocycles. The third kappa shape index (κ3) is 2.53. The number of sulfonamides is 1. The van der Waals surface area contributed by atoms with Crippen LogP contribution >= 0.6 is 0 Å². The molecule has 6 heteroatoms. The van der Waals surface area contributed by atoms with E-state index in [1.807, 2.05) is 13.0 Å². The molecule has 0 spiro atoms. The van der Waals surface area contributed by atoms with Crippen molar-refractivity contribution < 1.29 is 8.42 Å². The van der Waals surface area contributed by atoms with Gasteiger partial charge < -0.3 is 4.57 Å². The zero-order valence-electron chi connectivity index (χ0n) is 10.5. The van der Waals surface area contributed by atoms with Gasteiger partial charge in [-0.2, -0.15) is 8.42 Å². The maximum absolute atomic E-state index is 12.1. The molecule has 1 heterocycles. The maximum atomic E-state index is 12.1. The highest BCUT2D eigenvalue weighted by Crippen LogP contribution is 2.16. The van der Waals surface area contributed by atoms with Gasteiger partial charge in [0.05, 0.1) is 0 Å². The van der Waals surface area contributed by atoms with E-state index in [-0.39, 0.29) is 5.03 Å². The molecule has 0 bridgehead atoms. The molecule has 0 amide bonds. The van der Waals surface area contributed by atoms with Gasteiger partial charge in [-0.3, -0.25) is 4.72 Å². The minimum atomic E-state index is -3.61. The summed E-state index contributed by atoms with van der Waals surface area (Å²) in [5.74, 6) is 0.652. The zero-order chi connectivity index (χ0) is 13.3. The second-order valence-electron chi connectivity index (χ2n) is 4.21. The van der Waals surface area contributed by atoms with E-state index >= 15 is 0 Å². The third-order valence-electron chi connectivity index (χ3n) is 2.63. The Hall–Kier alpha value is -1.82. The molecule has 2 rings (SSSR count). The molecule has 0 aliphatic rings. The van der Waals surface area contributed by atoms with Crippen LogP contribution in [0, 0.1) is 13.8 Å². The van der Waals surface area contributed by atoms with Gasteiger partial charge in [-0.05, 0) is 31.5 Å². The molecule has 1 aromatic carbocycles. The predicted molar refractivity (Wildman–Crippen MR) is 69.9 cm³/mol. The van der Waals surface area contributed by atoms with Crippen molar-refractivity contribution >= 4 is 15.7 Å². The number of hydrogen-bond donors (Lipinski definition) is 1. The largest absolute Gasteiger partial charge is 0.337 e. The number of hydrogen-bond acceptors (Lipinski definition) is 3. The topological polar surface area (TPSA) is 64.0 Å². The fourth-order valence-electron chi connectivity index (χ4n) is 1.57. The lowest BCUT2D eigenvalue weighted by molar-refractivity contribution is 0.598. The average Bonchev–Trinajstić information content (AvgIpc) is 2.59. The van der Waals surface area contributed by atoms with Gasteiger partial charge in [-0.1, -0.05) is 12.1 Å². The van der Waals surface area contributed by atoms with Crippen LogP contribution in [0.5, 0.6) is 0 Å². The number of nitrogens with one attached hydrogen (secondary N) is 1. The summed E-state index contributed by atoms with van der Waals surface area (Å²) >= 11 is 0. The van der Waals surface area contributed by atoms with Gasteiger partial charge in [0.1, 0.15) is 5.82 Å². The molecule has 1 aromatic heterocycles. The summed E-state index contributed by atoms with van der Waals surface area (Å²) < 4.78 is 28.4. The first-order chi connectivity index (χ1) is 8.38. The Bertz CT molecular complexity index is 655. The van der Waals surface area contributed by atoms with Crippen molar-refractivity contribution in [2.75, 3.05) is 4.72 Å². The van der Waals surface area contributed by atoms with Crippen LogP contribution in [0.1, 0.15) is 11.4 Å². The number of aryl methyl sites for hydroxylation is 3. The predicted octanol–water partition coefficient (Wildman–Crippen LogP) is 1.84. The molecule has 0 atom stereocenters. The van der Waals surface area contributed by atoms with Gasteiger partial charge in [0, 0.05) is 18.9 Å². The van der Waals surface area contributed by atoms with Gasteiger partial charge in [0.2, 0.25) is 0 Å². The lowest BCUT2D eigenvalue weighted by atomic mass is 10.2. The van der Waals surface area contributed by atoms with Gasteiger partial charge in [-0.25, -0.2) is 4.98 Å². The number of aromatic nitrogens is 2. The van der Waals surface area contributed by atoms with Crippen LogP contribution in [0.3, 0.4) is 0 Å². The molecule has 0 radical (unpaired) electrons. The Labute approximate surface area is 107 Å². The van der Waals surface area contributed by atoms with Crippen molar-refractivity contribution in [1.82, 2.24) is 9.55 Å². The van der Waals surface area contributed by atoms with E-state index in [1.54, 1.807) is 36.7 Å². The van der Waals surface area contributed by atoms with E-state index in [9.17, 15) is 8.42 Å². The Morgan fingerprint density at radius 2 is 2.00 bits per heavy atom. The first kappa shape index (κ1) is 12.6. The average molecular weight is 265 g/mol. The fourth-order valence-corrected chi connectivity index (χ4v) is 2.66. The molecule has 0 aliphatic carbocycles. The fraction of sp³-hybridized carbons (Fsp3) is 0.250. The molecule has 1 N–H and O–H groups in total. The Morgan fingerprint density at radius 1 is 1.28 bits per heavy atom. The first-order valence-electron chi connectivity index (χ1n) is 5.48. The molecule has 2 aromatic rings. The normalized spacial score (nSPS) is 11.5. The second kappa shape index (κ2) is 4.45. The summed E-state index contributed by atoms with van der Waals surface area (Å²) in [7, 11) is -1.86. The van der Waals surface area contributed by atoms with Crippen LogP contribution in [0.2, 0.25) is 0 Å². The molecule has 0 fully saturated rings. The van der Waals surface area contributed by atoms with Crippen LogP contribution in [-0.4, -0.2) is 18.0 Å². The minimum absolute atomic E-state index is 0.0315.